The van der Waals surface area contributed by atoms with E-state index in [1.807, 2.05) is 36.4 Å². The van der Waals surface area contributed by atoms with Crippen molar-refractivity contribution in [3.05, 3.63) is 101 Å². The van der Waals surface area contributed by atoms with Crippen LogP contribution in [0.15, 0.2) is 72.8 Å². The van der Waals surface area contributed by atoms with Gasteiger partial charge in [-0.2, -0.15) is 0 Å². The molecule has 6 heteroatoms. The van der Waals surface area contributed by atoms with Crippen LogP contribution in [0.2, 0.25) is 0 Å². The zero-order chi connectivity index (χ0) is 23.0. The van der Waals surface area contributed by atoms with Crippen molar-refractivity contribution in [1.29, 1.82) is 0 Å². The highest BCUT2D eigenvalue weighted by molar-refractivity contribution is 6.13. The Bertz CT molecular complexity index is 1440. The van der Waals surface area contributed by atoms with Gasteiger partial charge in [0, 0.05) is 27.6 Å². The second-order valence-electron chi connectivity index (χ2n) is 9.01. The fourth-order valence-electron chi connectivity index (χ4n) is 5.06. The third-order valence-corrected chi connectivity index (χ3v) is 6.80. The number of carbonyl (C=O) groups is 2. The maximum absolute atomic E-state index is 13.9. The molecule has 0 fully saturated rings. The Hall–Kier alpha value is -3.90. The Balaban J connectivity index is 1.53. The Labute approximate surface area is 190 Å². The lowest BCUT2D eigenvalue weighted by Gasteiger charge is -2.34. The number of ether oxygens (including phenoxy) is 1. The van der Waals surface area contributed by atoms with Crippen molar-refractivity contribution in [2.75, 3.05) is 0 Å². The molecule has 1 amide bonds. The van der Waals surface area contributed by atoms with Crippen molar-refractivity contribution in [3.8, 4) is 5.75 Å². The van der Waals surface area contributed by atoms with E-state index in [0.29, 0.717) is 28.1 Å². The van der Waals surface area contributed by atoms with E-state index >= 15 is 0 Å². The van der Waals surface area contributed by atoms with E-state index in [0.717, 1.165) is 16.5 Å². The molecule has 3 N–H and O–H groups in total. The monoisotopic (exact) mass is 438 g/mol. The van der Waals surface area contributed by atoms with Crippen molar-refractivity contribution in [2.24, 2.45) is 0 Å². The van der Waals surface area contributed by atoms with Crippen LogP contribution in [0.4, 0.5) is 0 Å². The first-order valence-electron chi connectivity index (χ1n) is 11.0. The van der Waals surface area contributed by atoms with Gasteiger partial charge in [0.25, 0.3) is 11.7 Å². The molecule has 0 saturated heterocycles. The first kappa shape index (κ1) is 19.8. The molecule has 2 atom stereocenters. The lowest BCUT2D eigenvalue weighted by Crippen LogP contribution is -2.60. The number of aromatic nitrogens is 1. The van der Waals surface area contributed by atoms with Crippen molar-refractivity contribution < 1.29 is 19.4 Å². The van der Waals surface area contributed by atoms with Gasteiger partial charge in [-0.15, -0.1) is 0 Å². The molecule has 3 aromatic carbocycles. The number of Topliss-reactive ketones (excluding diaryl/α,β-unsaturated/α-hetero) is 1. The summed E-state index contributed by atoms with van der Waals surface area (Å²) in [6.07, 6.45) is 0. The first-order valence-corrected chi connectivity index (χ1v) is 11.0. The average molecular weight is 438 g/mol. The number of aliphatic hydroxyl groups is 1. The Morgan fingerprint density at radius 3 is 2.55 bits per heavy atom. The minimum atomic E-state index is -2.06. The summed E-state index contributed by atoms with van der Waals surface area (Å²) in [5, 5.41) is 15.7. The van der Waals surface area contributed by atoms with Crippen LogP contribution in [0.1, 0.15) is 57.3 Å². The van der Waals surface area contributed by atoms with Gasteiger partial charge in [0.1, 0.15) is 11.4 Å². The van der Waals surface area contributed by atoms with E-state index < -0.39 is 23.0 Å². The molecule has 0 bridgehead atoms. The molecule has 4 aromatic rings. The molecule has 33 heavy (non-hydrogen) atoms. The van der Waals surface area contributed by atoms with Gasteiger partial charge in [-0.1, -0.05) is 68.4 Å². The quantitative estimate of drug-likeness (QED) is 0.444. The van der Waals surface area contributed by atoms with Gasteiger partial charge in [-0.3, -0.25) is 9.59 Å². The lowest BCUT2D eigenvalue weighted by molar-refractivity contribution is -0.169. The van der Waals surface area contributed by atoms with Gasteiger partial charge >= 0.3 is 0 Å². The first-order chi connectivity index (χ1) is 15.8. The summed E-state index contributed by atoms with van der Waals surface area (Å²) in [6.45, 7) is 4.11. The highest BCUT2D eigenvalue weighted by Gasteiger charge is 2.71. The standard InChI is InChI=1S/C27H22N2O4/c1-15(2)16-11-12-20-23(14-16)33-27(32)19-9-5-4-8-18(19)24(30)26(20,27)29-25(31)22-13-17-7-3-6-10-21(17)28-22/h3-15,28,32H,1-2H3,(H,29,31). The number of hydrogen-bond acceptors (Lipinski definition) is 4. The van der Waals surface area contributed by atoms with E-state index in [4.69, 9.17) is 4.74 Å². The van der Waals surface area contributed by atoms with E-state index in [1.54, 1.807) is 36.4 Å². The number of H-pyrrole nitrogens is 1. The number of para-hydroxylation sites is 1. The molecule has 6 rings (SSSR count). The molecule has 2 unspecified atom stereocenters. The van der Waals surface area contributed by atoms with Gasteiger partial charge in [-0.25, -0.2) is 0 Å². The minimum absolute atomic E-state index is 0.230. The maximum atomic E-state index is 13.9. The van der Waals surface area contributed by atoms with Crippen LogP contribution in [-0.4, -0.2) is 21.8 Å². The zero-order valence-electron chi connectivity index (χ0n) is 18.2. The molecule has 164 valence electrons. The molecule has 6 nitrogen and oxygen atoms in total. The molecular formula is C27H22N2O4. The molecule has 1 aromatic heterocycles. The lowest BCUT2D eigenvalue weighted by atomic mass is 9.82. The summed E-state index contributed by atoms with van der Waals surface area (Å²) in [4.78, 5) is 30.4. The van der Waals surface area contributed by atoms with Crippen molar-refractivity contribution in [3.63, 3.8) is 0 Å². The minimum Gasteiger partial charge on any atom is -0.454 e. The average Bonchev–Trinajstić information content (AvgIpc) is 3.41. The number of carbonyl (C=O) groups excluding carboxylic acids is 2. The zero-order valence-corrected chi connectivity index (χ0v) is 18.2. The largest absolute Gasteiger partial charge is 0.454 e. The van der Waals surface area contributed by atoms with Gasteiger partial charge in [-0.05, 0) is 29.7 Å². The topological polar surface area (TPSA) is 91.4 Å². The third kappa shape index (κ3) is 2.47. The van der Waals surface area contributed by atoms with E-state index in [2.05, 4.69) is 24.1 Å². The van der Waals surface area contributed by atoms with Crippen LogP contribution in [0.5, 0.6) is 5.75 Å². The van der Waals surface area contributed by atoms with Crippen LogP contribution in [0, 0.1) is 0 Å². The number of benzene rings is 3. The van der Waals surface area contributed by atoms with Crippen molar-refractivity contribution in [2.45, 2.75) is 31.1 Å². The highest BCUT2D eigenvalue weighted by atomic mass is 16.6. The maximum Gasteiger partial charge on any atom is 0.271 e. The third-order valence-electron chi connectivity index (χ3n) is 6.80. The molecule has 1 aliphatic carbocycles. The number of rotatable bonds is 3. The second-order valence-corrected chi connectivity index (χ2v) is 9.01. The van der Waals surface area contributed by atoms with Crippen LogP contribution in [0.3, 0.4) is 0 Å². The summed E-state index contributed by atoms with van der Waals surface area (Å²) in [6, 6.07) is 21.6. The van der Waals surface area contributed by atoms with Crippen molar-refractivity contribution in [1.82, 2.24) is 10.3 Å². The van der Waals surface area contributed by atoms with Crippen LogP contribution < -0.4 is 10.1 Å². The number of nitrogens with one attached hydrogen (secondary N) is 2. The van der Waals surface area contributed by atoms with Gasteiger partial charge in [0.2, 0.25) is 11.3 Å². The van der Waals surface area contributed by atoms with Crippen LogP contribution in [0.25, 0.3) is 10.9 Å². The second kappa shape index (κ2) is 6.56. The summed E-state index contributed by atoms with van der Waals surface area (Å²) in [7, 11) is 0. The van der Waals surface area contributed by atoms with Crippen LogP contribution in [-0.2, 0) is 11.3 Å². The fourth-order valence-corrected chi connectivity index (χ4v) is 5.06. The SMILES string of the molecule is CC(C)c1ccc2c(c1)OC1(O)c3ccccc3C(=O)C21NC(=O)c1cc2ccccc2[nH]1. The van der Waals surface area contributed by atoms with Gasteiger partial charge in [0.05, 0.1) is 0 Å². The van der Waals surface area contributed by atoms with Crippen molar-refractivity contribution >= 4 is 22.6 Å². The van der Waals surface area contributed by atoms with E-state index in [1.165, 1.54) is 0 Å². The van der Waals surface area contributed by atoms with Gasteiger partial charge in [0.15, 0.2) is 0 Å². The number of ketones is 1. The Morgan fingerprint density at radius 1 is 1.00 bits per heavy atom. The number of aromatic amines is 1. The molecule has 0 spiro atoms. The smallest absolute Gasteiger partial charge is 0.271 e. The summed E-state index contributed by atoms with van der Waals surface area (Å²) in [5.74, 6) is -2.34. The van der Waals surface area contributed by atoms with Crippen LogP contribution >= 0.6 is 0 Å². The summed E-state index contributed by atoms with van der Waals surface area (Å²) < 4.78 is 6.11. The molecule has 1 aliphatic heterocycles. The van der Waals surface area contributed by atoms with Gasteiger partial charge < -0.3 is 20.1 Å². The fraction of sp³-hybridized carbons (Fsp3) is 0.185. The van der Waals surface area contributed by atoms with E-state index in [-0.39, 0.29) is 5.92 Å². The van der Waals surface area contributed by atoms with E-state index in [9.17, 15) is 14.7 Å². The molecule has 0 saturated carbocycles. The molecule has 0 radical (unpaired) electrons. The molecular weight excluding hydrogens is 416 g/mol. The molecule has 2 aliphatic rings. The number of fused-ring (bicyclic) bond motifs is 6. The molecule has 2 heterocycles. The number of hydrogen-bond donors (Lipinski definition) is 3. The Morgan fingerprint density at radius 2 is 1.76 bits per heavy atom. The summed E-state index contributed by atoms with van der Waals surface area (Å²) >= 11 is 0. The normalized spacial score (nSPS) is 22.7. The Kier molecular flexibility index (Phi) is 3.93. The predicted octanol–water partition coefficient (Wildman–Crippen LogP) is 4.35. The highest BCUT2D eigenvalue weighted by Crippen LogP contribution is 2.58. The summed E-state index contributed by atoms with van der Waals surface area (Å²) in [5.41, 5.74) is 1.43. The predicted molar refractivity (Wildman–Crippen MR) is 123 cm³/mol. The number of amides is 1.